The van der Waals surface area contributed by atoms with Crippen LogP contribution >= 0.6 is 0 Å². The Hall–Kier alpha value is -2.45. The third-order valence-electron chi connectivity index (χ3n) is 6.14. The number of carbonyl (C=O) groups is 3. The lowest BCUT2D eigenvalue weighted by Gasteiger charge is -2.26. The van der Waals surface area contributed by atoms with Crippen LogP contribution in [0.15, 0.2) is 30.3 Å². The van der Waals surface area contributed by atoms with Gasteiger partial charge in [-0.3, -0.25) is 19.3 Å². The van der Waals surface area contributed by atoms with Gasteiger partial charge in [0.05, 0.1) is 13.2 Å². The number of amides is 3. The molecule has 3 amide bonds. The number of nitrogens with one attached hydrogen (secondary N) is 2. The largest absolute Gasteiger partial charge is 0.379 e. The molecule has 1 unspecified atom stereocenters. The number of carbonyl (C=O) groups excluding carboxylic acids is 3. The first-order valence-corrected chi connectivity index (χ1v) is 11.8. The average molecular weight is 445 g/mol. The van der Waals surface area contributed by atoms with E-state index in [-0.39, 0.29) is 30.1 Å². The van der Waals surface area contributed by atoms with Crippen LogP contribution in [0, 0.1) is 5.92 Å². The van der Waals surface area contributed by atoms with Gasteiger partial charge in [0.1, 0.15) is 0 Å². The number of nitrogens with zero attached hydrogens (tertiary/aromatic N) is 2. The molecule has 1 aromatic carbocycles. The molecule has 0 aliphatic carbocycles. The molecule has 2 heterocycles. The molecule has 0 bridgehead atoms. The van der Waals surface area contributed by atoms with E-state index in [0.29, 0.717) is 44.6 Å². The van der Waals surface area contributed by atoms with Gasteiger partial charge < -0.3 is 20.3 Å². The topological polar surface area (TPSA) is 91.0 Å². The van der Waals surface area contributed by atoms with Crippen molar-refractivity contribution >= 4 is 17.7 Å². The molecule has 2 N–H and O–H groups in total. The van der Waals surface area contributed by atoms with Gasteiger partial charge in [0, 0.05) is 57.2 Å². The van der Waals surface area contributed by atoms with Crippen LogP contribution in [-0.4, -0.2) is 86.5 Å². The van der Waals surface area contributed by atoms with E-state index in [0.717, 1.165) is 45.7 Å². The zero-order valence-corrected chi connectivity index (χ0v) is 18.9. The molecule has 2 aliphatic heterocycles. The normalized spacial score (nSPS) is 21.3. The number of benzene rings is 1. The second kappa shape index (κ2) is 13.2. The molecule has 2 fully saturated rings. The van der Waals surface area contributed by atoms with Crippen molar-refractivity contribution in [2.75, 3.05) is 59.0 Å². The second-order valence-corrected chi connectivity index (χ2v) is 8.48. The quantitative estimate of drug-likeness (QED) is 0.645. The molecular formula is C24H36N4O4. The van der Waals surface area contributed by atoms with Crippen LogP contribution < -0.4 is 10.6 Å². The first-order valence-electron chi connectivity index (χ1n) is 11.8. The molecule has 2 aliphatic rings. The van der Waals surface area contributed by atoms with Crippen molar-refractivity contribution in [3.63, 3.8) is 0 Å². The molecule has 32 heavy (non-hydrogen) atoms. The summed E-state index contributed by atoms with van der Waals surface area (Å²) in [6, 6.07) is 9.14. The summed E-state index contributed by atoms with van der Waals surface area (Å²) in [5.74, 6) is -0.268. The Bertz CT molecular complexity index is 737. The summed E-state index contributed by atoms with van der Waals surface area (Å²) in [6.45, 7) is 6.49. The minimum absolute atomic E-state index is 0.0430. The van der Waals surface area contributed by atoms with E-state index in [9.17, 15) is 14.4 Å². The summed E-state index contributed by atoms with van der Waals surface area (Å²) in [4.78, 5) is 41.9. The standard InChI is InChI=1S/C24H36N4O4/c29-22-10-15-28(24(31)21-6-2-1-3-7-21)14-4-8-20(9-12-25-22)23(30)26-11-5-13-27-16-18-32-19-17-27/h1-3,6-7,20H,4-5,8-19H2,(H,25,29)(H,26,30). The van der Waals surface area contributed by atoms with Crippen molar-refractivity contribution in [1.82, 2.24) is 20.4 Å². The lowest BCUT2D eigenvalue weighted by Crippen LogP contribution is -2.39. The third-order valence-corrected chi connectivity index (χ3v) is 6.14. The van der Waals surface area contributed by atoms with Gasteiger partial charge in [-0.2, -0.15) is 0 Å². The van der Waals surface area contributed by atoms with Gasteiger partial charge in [-0.1, -0.05) is 18.2 Å². The SMILES string of the molecule is O=C1CCN(C(=O)c2ccccc2)CCCC(C(=O)NCCCN2CCOCC2)CCN1. The summed E-state index contributed by atoms with van der Waals surface area (Å²) < 4.78 is 5.36. The van der Waals surface area contributed by atoms with Crippen LogP contribution in [0.3, 0.4) is 0 Å². The predicted octanol–water partition coefficient (Wildman–Crippen LogP) is 1.27. The van der Waals surface area contributed by atoms with Crippen molar-refractivity contribution in [2.24, 2.45) is 5.92 Å². The second-order valence-electron chi connectivity index (χ2n) is 8.48. The molecule has 1 atom stereocenters. The minimum atomic E-state index is -0.162. The van der Waals surface area contributed by atoms with Crippen LogP contribution in [0.5, 0.6) is 0 Å². The van der Waals surface area contributed by atoms with E-state index in [1.807, 2.05) is 18.2 Å². The van der Waals surface area contributed by atoms with E-state index < -0.39 is 0 Å². The van der Waals surface area contributed by atoms with Crippen LogP contribution in [0.25, 0.3) is 0 Å². The molecule has 1 aromatic rings. The van der Waals surface area contributed by atoms with E-state index >= 15 is 0 Å². The predicted molar refractivity (Wildman–Crippen MR) is 122 cm³/mol. The zero-order chi connectivity index (χ0) is 22.6. The fraction of sp³-hybridized carbons (Fsp3) is 0.625. The van der Waals surface area contributed by atoms with E-state index in [1.165, 1.54) is 0 Å². The molecule has 176 valence electrons. The lowest BCUT2D eigenvalue weighted by molar-refractivity contribution is -0.126. The van der Waals surface area contributed by atoms with Gasteiger partial charge in [0.15, 0.2) is 0 Å². The average Bonchev–Trinajstić information content (AvgIpc) is 2.87. The minimum Gasteiger partial charge on any atom is -0.379 e. The number of hydrogen-bond acceptors (Lipinski definition) is 5. The molecule has 0 aromatic heterocycles. The fourth-order valence-corrected chi connectivity index (χ4v) is 4.21. The van der Waals surface area contributed by atoms with E-state index in [2.05, 4.69) is 15.5 Å². The smallest absolute Gasteiger partial charge is 0.253 e. The Kier molecular flexibility index (Phi) is 9.97. The first kappa shape index (κ1) is 24.2. The molecule has 3 rings (SSSR count). The summed E-state index contributed by atoms with van der Waals surface area (Å²) in [6.07, 6.45) is 3.24. The molecule has 8 heteroatoms. The van der Waals surface area contributed by atoms with Gasteiger partial charge in [-0.25, -0.2) is 0 Å². The highest BCUT2D eigenvalue weighted by atomic mass is 16.5. The van der Waals surface area contributed by atoms with Crippen molar-refractivity contribution in [3.05, 3.63) is 35.9 Å². The van der Waals surface area contributed by atoms with Gasteiger partial charge in [0.25, 0.3) is 5.91 Å². The molecular weight excluding hydrogens is 408 g/mol. The lowest BCUT2D eigenvalue weighted by atomic mass is 9.98. The highest BCUT2D eigenvalue weighted by Crippen LogP contribution is 2.15. The Labute approximate surface area is 190 Å². The van der Waals surface area contributed by atoms with Gasteiger partial charge in [-0.15, -0.1) is 0 Å². The number of rotatable bonds is 6. The molecule has 0 radical (unpaired) electrons. The highest BCUT2D eigenvalue weighted by molar-refractivity contribution is 5.94. The van der Waals surface area contributed by atoms with E-state index in [1.54, 1.807) is 17.0 Å². The van der Waals surface area contributed by atoms with Crippen molar-refractivity contribution in [1.29, 1.82) is 0 Å². The van der Waals surface area contributed by atoms with Gasteiger partial charge in [-0.05, 0) is 44.4 Å². The third kappa shape index (κ3) is 7.91. The maximum absolute atomic E-state index is 12.9. The maximum atomic E-state index is 12.9. The summed E-state index contributed by atoms with van der Waals surface area (Å²) >= 11 is 0. The van der Waals surface area contributed by atoms with E-state index in [4.69, 9.17) is 4.74 Å². The van der Waals surface area contributed by atoms with Crippen molar-refractivity contribution < 1.29 is 19.1 Å². The molecule has 8 nitrogen and oxygen atoms in total. The Morgan fingerprint density at radius 2 is 1.84 bits per heavy atom. The maximum Gasteiger partial charge on any atom is 0.253 e. The first-order chi connectivity index (χ1) is 15.6. The van der Waals surface area contributed by atoms with Crippen LogP contribution in [-0.2, 0) is 14.3 Å². The number of morpholine rings is 1. The zero-order valence-electron chi connectivity index (χ0n) is 18.9. The van der Waals surface area contributed by atoms with Crippen LogP contribution in [0.2, 0.25) is 0 Å². The Balaban J connectivity index is 1.48. The monoisotopic (exact) mass is 444 g/mol. The number of hydrogen-bond donors (Lipinski definition) is 2. The Morgan fingerprint density at radius 1 is 1.06 bits per heavy atom. The summed E-state index contributed by atoms with van der Waals surface area (Å²) in [7, 11) is 0. The van der Waals surface area contributed by atoms with Crippen molar-refractivity contribution in [3.8, 4) is 0 Å². The van der Waals surface area contributed by atoms with Crippen LogP contribution in [0.1, 0.15) is 42.5 Å². The van der Waals surface area contributed by atoms with Crippen molar-refractivity contribution in [2.45, 2.75) is 32.1 Å². The highest BCUT2D eigenvalue weighted by Gasteiger charge is 2.22. The molecule has 0 saturated carbocycles. The molecule has 2 saturated heterocycles. The number of ether oxygens (including phenoxy) is 1. The fourth-order valence-electron chi connectivity index (χ4n) is 4.21. The Morgan fingerprint density at radius 3 is 2.62 bits per heavy atom. The van der Waals surface area contributed by atoms with Crippen LogP contribution in [0.4, 0.5) is 0 Å². The van der Waals surface area contributed by atoms with Gasteiger partial charge >= 0.3 is 0 Å². The summed E-state index contributed by atoms with van der Waals surface area (Å²) in [5.41, 5.74) is 0.623. The van der Waals surface area contributed by atoms with Gasteiger partial charge in [0.2, 0.25) is 11.8 Å². The summed E-state index contributed by atoms with van der Waals surface area (Å²) in [5, 5.41) is 5.97. The molecule has 0 spiro atoms.